The molecular formula is C21H26N2O4S. The van der Waals surface area contributed by atoms with Crippen molar-refractivity contribution in [3.63, 3.8) is 0 Å². The van der Waals surface area contributed by atoms with Gasteiger partial charge in [-0.1, -0.05) is 12.1 Å². The zero-order valence-corrected chi connectivity index (χ0v) is 17.0. The van der Waals surface area contributed by atoms with Crippen molar-refractivity contribution < 1.29 is 19.0 Å². The molecule has 1 amide bonds. The van der Waals surface area contributed by atoms with Gasteiger partial charge in [-0.15, -0.1) is 11.3 Å². The molecule has 3 heterocycles. The zero-order valence-electron chi connectivity index (χ0n) is 16.1. The van der Waals surface area contributed by atoms with E-state index in [9.17, 15) is 4.79 Å². The summed E-state index contributed by atoms with van der Waals surface area (Å²) in [5.41, 5.74) is 1.79. The summed E-state index contributed by atoms with van der Waals surface area (Å²) in [6.07, 6.45) is 2.20. The molecule has 0 aliphatic carbocycles. The maximum Gasteiger partial charge on any atom is 0.228 e. The lowest BCUT2D eigenvalue weighted by Gasteiger charge is -2.34. The van der Waals surface area contributed by atoms with Crippen molar-refractivity contribution in [3.05, 3.63) is 35.3 Å². The Hall–Kier alpha value is -1.96. The van der Waals surface area contributed by atoms with E-state index in [1.165, 1.54) is 0 Å². The van der Waals surface area contributed by atoms with Crippen LogP contribution < -0.4 is 4.74 Å². The van der Waals surface area contributed by atoms with Gasteiger partial charge in [0.25, 0.3) is 0 Å². The van der Waals surface area contributed by atoms with E-state index in [2.05, 4.69) is 0 Å². The average molecular weight is 403 g/mol. The first-order chi connectivity index (χ1) is 13.7. The molecule has 0 spiro atoms. The van der Waals surface area contributed by atoms with Gasteiger partial charge in [-0.2, -0.15) is 0 Å². The van der Waals surface area contributed by atoms with E-state index in [1.54, 1.807) is 11.3 Å². The summed E-state index contributed by atoms with van der Waals surface area (Å²) >= 11 is 1.55. The average Bonchev–Trinajstić information content (AvgIpc) is 3.41. The summed E-state index contributed by atoms with van der Waals surface area (Å²) in [5.74, 6) is 1.22. The van der Waals surface area contributed by atoms with Crippen LogP contribution in [0.1, 0.15) is 25.5 Å². The van der Waals surface area contributed by atoms with E-state index in [0.29, 0.717) is 32.8 Å². The normalized spacial score (nSPS) is 20.5. The molecule has 0 N–H and O–H groups in total. The fourth-order valence-electron chi connectivity index (χ4n) is 3.81. The van der Waals surface area contributed by atoms with Crippen LogP contribution in [0.2, 0.25) is 0 Å². The SMILES string of the molecule is CCOc1ccccc1-c1nc(CC(=O)N2CCCC(C3OCCO3)C2)cs1. The highest BCUT2D eigenvalue weighted by molar-refractivity contribution is 7.13. The summed E-state index contributed by atoms with van der Waals surface area (Å²) in [7, 11) is 0. The van der Waals surface area contributed by atoms with E-state index < -0.39 is 0 Å². The van der Waals surface area contributed by atoms with Gasteiger partial charge in [0.1, 0.15) is 10.8 Å². The predicted molar refractivity (Wildman–Crippen MR) is 107 cm³/mol. The largest absolute Gasteiger partial charge is 0.493 e. The molecule has 1 unspecified atom stereocenters. The molecule has 2 aliphatic heterocycles. The number of hydrogen-bond acceptors (Lipinski definition) is 6. The number of para-hydroxylation sites is 1. The van der Waals surface area contributed by atoms with Crippen LogP contribution in [0.15, 0.2) is 29.6 Å². The molecule has 2 aliphatic rings. The van der Waals surface area contributed by atoms with Crippen LogP contribution in [0.25, 0.3) is 10.6 Å². The molecule has 2 fully saturated rings. The van der Waals surface area contributed by atoms with Gasteiger partial charge in [0.15, 0.2) is 6.29 Å². The lowest BCUT2D eigenvalue weighted by molar-refractivity contribution is -0.138. The Kier molecular flexibility index (Phi) is 6.24. The van der Waals surface area contributed by atoms with Gasteiger partial charge in [-0.05, 0) is 31.9 Å². The maximum atomic E-state index is 12.8. The molecule has 0 saturated carbocycles. The summed E-state index contributed by atoms with van der Waals surface area (Å²) in [6.45, 7) is 5.38. The van der Waals surface area contributed by atoms with Crippen LogP contribution in [0.5, 0.6) is 5.75 Å². The number of likely N-dealkylation sites (tertiary alicyclic amines) is 1. The molecule has 1 atom stereocenters. The number of benzene rings is 1. The Labute approximate surface area is 169 Å². The summed E-state index contributed by atoms with van der Waals surface area (Å²) in [5, 5.41) is 2.86. The highest BCUT2D eigenvalue weighted by Gasteiger charge is 2.32. The quantitative estimate of drug-likeness (QED) is 0.741. The van der Waals surface area contributed by atoms with Crippen molar-refractivity contribution in [2.45, 2.75) is 32.5 Å². The molecule has 1 aromatic heterocycles. The number of thiazole rings is 1. The van der Waals surface area contributed by atoms with Crippen LogP contribution in [0.3, 0.4) is 0 Å². The molecule has 2 aromatic rings. The van der Waals surface area contributed by atoms with Crippen molar-refractivity contribution >= 4 is 17.2 Å². The fourth-order valence-corrected chi connectivity index (χ4v) is 4.66. The summed E-state index contributed by atoms with van der Waals surface area (Å²) in [6, 6.07) is 7.89. The van der Waals surface area contributed by atoms with E-state index in [-0.39, 0.29) is 18.1 Å². The first kappa shape index (κ1) is 19.4. The highest BCUT2D eigenvalue weighted by Crippen LogP contribution is 2.32. The van der Waals surface area contributed by atoms with Crippen LogP contribution in [0, 0.1) is 5.92 Å². The van der Waals surface area contributed by atoms with Crippen LogP contribution >= 0.6 is 11.3 Å². The second-order valence-corrected chi connectivity index (χ2v) is 7.96. The van der Waals surface area contributed by atoms with Crippen LogP contribution in [0.4, 0.5) is 0 Å². The Morgan fingerprint density at radius 3 is 2.96 bits per heavy atom. The lowest BCUT2D eigenvalue weighted by atomic mass is 9.97. The first-order valence-corrected chi connectivity index (χ1v) is 10.8. The van der Waals surface area contributed by atoms with Gasteiger partial charge < -0.3 is 19.1 Å². The van der Waals surface area contributed by atoms with Crippen molar-refractivity contribution in [1.82, 2.24) is 9.88 Å². The summed E-state index contributed by atoms with van der Waals surface area (Å²) in [4.78, 5) is 19.5. The molecule has 0 bridgehead atoms. The van der Waals surface area contributed by atoms with Crippen molar-refractivity contribution in [2.24, 2.45) is 5.92 Å². The van der Waals surface area contributed by atoms with Gasteiger partial charge in [0.2, 0.25) is 5.91 Å². The van der Waals surface area contributed by atoms with Crippen LogP contribution in [-0.2, 0) is 20.7 Å². The second kappa shape index (κ2) is 9.03. The number of amides is 1. The third-order valence-electron chi connectivity index (χ3n) is 5.14. The molecule has 4 rings (SSSR count). The molecule has 1 aromatic carbocycles. The van der Waals surface area contributed by atoms with E-state index in [4.69, 9.17) is 19.2 Å². The van der Waals surface area contributed by atoms with Crippen molar-refractivity contribution in [2.75, 3.05) is 32.9 Å². The molecule has 150 valence electrons. The standard InChI is InChI=1S/C21H26N2O4S/c1-2-25-18-8-4-3-7-17(18)20-22-16(14-28-20)12-19(24)23-9-5-6-15(13-23)21-26-10-11-27-21/h3-4,7-8,14-15,21H,2,5-6,9-13H2,1H3. The van der Waals surface area contributed by atoms with E-state index in [1.807, 2.05) is 41.5 Å². The third-order valence-corrected chi connectivity index (χ3v) is 6.07. The van der Waals surface area contributed by atoms with Crippen molar-refractivity contribution in [3.8, 4) is 16.3 Å². The van der Waals surface area contributed by atoms with Gasteiger partial charge in [0.05, 0.1) is 37.5 Å². The van der Waals surface area contributed by atoms with Gasteiger partial charge in [-0.3, -0.25) is 4.79 Å². The third kappa shape index (κ3) is 4.37. The zero-order chi connectivity index (χ0) is 19.3. The molecule has 2 saturated heterocycles. The second-order valence-electron chi connectivity index (χ2n) is 7.10. The number of carbonyl (C=O) groups excluding carboxylic acids is 1. The number of ether oxygens (including phenoxy) is 3. The topological polar surface area (TPSA) is 60.9 Å². The van der Waals surface area contributed by atoms with Gasteiger partial charge >= 0.3 is 0 Å². The molecule has 6 nitrogen and oxygen atoms in total. The van der Waals surface area contributed by atoms with Gasteiger partial charge in [-0.25, -0.2) is 4.98 Å². The molecule has 28 heavy (non-hydrogen) atoms. The first-order valence-electron chi connectivity index (χ1n) is 9.92. The predicted octanol–water partition coefficient (Wildman–Crippen LogP) is 3.36. The molecule has 0 radical (unpaired) electrons. The smallest absolute Gasteiger partial charge is 0.228 e. The Balaban J connectivity index is 1.40. The van der Waals surface area contributed by atoms with E-state index >= 15 is 0 Å². The minimum atomic E-state index is -0.156. The van der Waals surface area contributed by atoms with Crippen molar-refractivity contribution in [1.29, 1.82) is 0 Å². The lowest BCUT2D eigenvalue weighted by Crippen LogP contribution is -2.44. The minimum Gasteiger partial charge on any atom is -0.493 e. The summed E-state index contributed by atoms with van der Waals surface area (Å²) < 4.78 is 17.0. The van der Waals surface area contributed by atoms with Crippen LogP contribution in [-0.4, -0.2) is 55.0 Å². The molecule has 7 heteroatoms. The monoisotopic (exact) mass is 402 g/mol. The maximum absolute atomic E-state index is 12.8. The number of carbonyl (C=O) groups is 1. The highest BCUT2D eigenvalue weighted by atomic mass is 32.1. The molecular weight excluding hydrogens is 376 g/mol. The number of piperidine rings is 1. The Bertz CT molecular complexity index is 803. The van der Waals surface area contributed by atoms with E-state index in [0.717, 1.165) is 41.4 Å². The Morgan fingerprint density at radius 1 is 1.32 bits per heavy atom. The van der Waals surface area contributed by atoms with Gasteiger partial charge in [0, 0.05) is 24.4 Å². The Morgan fingerprint density at radius 2 is 2.14 bits per heavy atom. The number of aromatic nitrogens is 1. The fraction of sp³-hybridized carbons (Fsp3) is 0.524. The minimum absolute atomic E-state index is 0.123. The number of nitrogens with zero attached hydrogens (tertiary/aromatic N) is 2. The number of hydrogen-bond donors (Lipinski definition) is 0. The number of rotatable bonds is 6.